The van der Waals surface area contributed by atoms with E-state index in [0.717, 1.165) is 6.07 Å². The Morgan fingerprint density at radius 2 is 1.80 bits per heavy atom. The first-order valence-corrected chi connectivity index (χ1v) is 4.79. The van der Waals surface area contributed by atoms with Gasteiger partial charge in [0.15, 0.2) is 0 Å². The van der Waals surface area contributed by atoms with Crippen LogP contribution in [0.25, 0.3) is 11.1 Å². The van der Waals surface area contributed by atoms with Crippen molar-refractivity contribution in [1.82, 2.24) is 0 Å². The molecule has 2 aromatic rings. The largest absolute Gasteiger partial charge is 0.508 e. The highest BCUT2D eigenvalue weighted by molar-refractivity contribution is 6.33. The lowest BCUT2D eigenvalue weighted by molar-refractivity contribution is 0.469. The van der Waals surface area contributed by atoms with Crippen LogP contribution >= 0.6 is 11.6 Å². The van der Waals surface area contributed by atoms with Crippen LogP contribution in [-0.4, -0.2) is 5.11 Å². The van der Waals surface area contributed by atoms with Crippen molar-refractivity contribution in [3.63, 3.8) is 0 Å². The minimum atomic E-state index is -0.482. The van der Waals surface area contributed by atoms with E-state index in [4.69, 9.17) is 11.6 Å². The molecule has 0 fully saturated rings. The highest BCUT2D eigenvalue weighted by Crippen LogP contribution is 2.30. The zero-order valence-electron chi connectivity index (χ0n) is 7.74. The van der Waals surface area contributed by atoms with E-state index in [1.807, 2.05) is 6.07 Å². The fraction of sp³-hybridized carbons (Fsp3) is 0. The predicted octanol–water partition coefficient (Wildman–Crippen LogP) is 3.85. The van der Waals surface area contributed by atoms with E-state index >= 15 is 0 Å². The summed E-state index contributed by atoms with van der Waals surface area (Å²) in [6, 6.07) is 11.0. The third-order valence-electron chi connectivity index (χ3n) is 2.07. The van der Waals surface area contributed by atoms with Crippen molar-refractivity contribution in [1.29, 1.82) is 0 Å². The quantitative estimate of drug-likeness (QED) is 0.777. The number of halogens is 2. The van der Waals surface area contributed by atoms with E-state index in [1.165, 1.54) is 12.1 Å². The second-order valence-electron chi connectivity index (χ2n) is 3.18. The predicted molar refractivity (Wildman–Crippen MR) is 58.5 cm³/mol. The average molecular weight is 223 g/mol. The minimum Gasteiger partial charge on any atom is -0.508 e. The van der Waals surface area contributed by atoms with Crippen molar-refractivity contribution in [3.8, 4) is 16.9 Å². The molecular weight excluding hydrogens is 215 g/mol. The Labute approximate surface area is 91.8 Å². The average Bonchev–Trinajstić information content (AvgIpc) is 2.16. The second kappa shape index (κ2) is 3.91. The van der Waals surface area contributed by atoms with Gasteiger partial charge in [-0.1, -0.05) is 29.8 Å². The maximum atomic E-state index is 13.0. The molecule has 0 atom stereocenters. The molecule has 0 bridgehead atoms. The SMILES string of the molecule is Oc1cc(F)cc(-c2ccccc2Cl)c1. The third kappa shape index (κ3) is 2.10. The van der Waals surface area contributed by atoms with Gasteiger partial charge in [-0.2, -0.15) is 0 Å². The van der Waals surface area contributed by atoms with E-state index in [9.17, 15) is 9.50 Å². The summed E-state index contributed by atoms with van der Waals surface area (Å²) < 4.78 is 13.0. The van der Waals surface area contributed by atoms with Crippen molar-refractivity contribution in [2.24, 2.45) is 0 Å². The fourth-order valence-corrected chi connectivity index (χ4v) is 1.67. The van der Waals surface area contributed by atoms with Gasteiger partial charge in [0.1, 0.15) is 11.6 Å². The van der Waals surface area contributed by atoms with Crippen LogP contribution < -0.4 is 0 Å². The van der Waals surface area contributed by atoms with Gasteiger partial charge in [-0.25, -0.2) is 4.39 Å². The molecular formula is C12H8ClFO. The smallest absolute Gasteiger partial charge is 0.127 e. The van der Waals surface area contributed by atoms with E-state index < -0.39 is 5.82 Å². The summed E-state index contributed by atoms with van der Waals surface area (Å²) in [6.45, 7) is 0. The van der Waals surface area contributed by atoms with E-state index in [-0.39, 0.29) is 5.75 Å². The lowest BCUT2D eigenvalue weighted by atomic mass is 10.1. The van der Waals surface area contributed by atoms with Crippen molar-refractivity contribution in [2.75, 3.05) is 0 Å². The first kappa shape index (κ1) is 9.99. The minimum absolute atomic E-state index is 0.107. The molecule has 15 heavy (non-hydrogen) atoms. The Morgan fingerprint density at radius 3 is 2.47 bits per heavy atom. The van der Waals surface area contributed by atoms with E-state index in [1.54, 1.807) is 18.2 Å². The number of hydrogen-bond donors (Lipinski definition) is 1. The molecule has 0 aromatic heterocycles. The summed E-state index contributed by atoms with van der Waals surface area (Å²) in [5.41, 5.74) is 1.27. The first-order valence-electron chi connectivity index (χ1n) is 4.41. The van der Waals surface area contributed by atoms with Gasteiger partial charge < -0.3 is 5.11 Å². The van der Waals surface area contributed by atoms with Gasteiger partial charge in [0.2, 0.25) is 0 Å². The van der Waals surface area contributed by atoms with Gasteiger partial charge in [0, 0.05) is 16.7 Å². The van der Waals surface area contributed by atoms with E-state index in [2.05, 4.69) is 0 Å². The van der Waals surface area contributed by atoms with Crippen LogP contribution in [-0.2, 0) is 0 Å². The number of benzene rings is 2. The lowest BCUT2D eigenvalue weighted by Crippen LogP contribution is -1.81. The number of rotatable bonds is 1. The van der Waals surface area contributed by atoms with Gasteiger partial charge in [0.05, 0.1) is 0 Å². The molecule has 3 heteroatoms. The first-order chi connectivity index (χ1) is 7.16. The van der Waals surface area contributed by atoms with Crippen LogP contribution in [0.2, 0.25) is 5.02 Å². The second-order valence-corrected chi connectivity index (χ2v) is 3.59. The molecule has 0 aliphatic heterocycles. The molecule has 76 valence electrons. The summed E-state index contributed by atoms with van der Waals surface area (Å²) in [6.07, 6.45) is 0. The van der Waals surface area contributed by atoms with Crippen LogP contribution in [0.3, 0.4) is 0 Å². The molecule has 0 saturated heterocycles. The maximum Gasteiger partial charge on any atom is 0.127 e. The topological polar surface area (TPSA) is 20.2 Å². The van der Waals surface area contributed by atoms with Gasteiger partial charge in [-0.3, -0.25) is 0 Å². The molecule has 0 amide bonds. The Bertz CT molecular complexity index is 476. The Balaban J connectivity index is 2.59. The fourth-order valence-electron chi connectivity index (χ4n) is 1.42. The molecule has 0 aliphatic carbocycles. The molecule has 1 nitrogen and oxygen atoms in total. The van der Waals surface area contributed by atoms with Crippen molar-refractivity contribution in [3.05, 3.63) is 53.3 Å². The lowest BCUT2D eigenvalue weighted by Gasteiger charge is -2.04. The number of aromatic hydroxyl groups is 1. The molecule has 2 rings (SSSR count). The zero-order chi connectivity index (χ0) is 10.8. The number of hydrogen-bond acceptors (Lipinski definition) is 1. The van der Waals surface area contributed by atoms with Crippen molar-refractivity contribution in [2.45, 2.75) is 0 Å². The summed E-state index contributed by atoms with van der Waals surface area (Å²) >= 11 is 5.96. The molecule has 0 heterocycles. The summed E-state index contributed by atoms with van der Waals surface area (Å²) in [4.78, 5) is 0. The number of phenolic OH excluding ortho intramolecular Hbond substituents is 1. The highest BCUT2D eigenvalue weighted by atomic mass is 35.5. The van der Waals surface area contributed by atoms with Crippen LogP contribution in [0, 0.1) is 5.82 Å². The molecule has 0 spiro atoms. The molecule has 1 N–H and O–H groups in total. The molecule has 0 radical (unpaired) electrons. The molecule has 0 aliphatic rings. The van der Waals surface area contributed by atoms with Gasteiger partial charge in [-0.15, -0.1) is 0 Å². The Morgan fingerprint density at radius 1 is 1.07 bits per heavy atom. The van der Waals surface area contributed by atoms with Crippen molar-refractivity contribution < 1.29 is 9.50 Å². The number of phenols is 1. The van der Waals surface area contributed by atoms with Crippen molar-refractivity contribution >= 4 is 11.6 Å². The summed E-state index contributed by atoms with van der Waals surface area (Å²) in [7, 11) is 0. The molecule has 0 saturated carbocycles. The van der Waals surface area contributed by atoms with Crippen LogP contribution in [0.4, 0.5) is 4.39 Å². The van der Waals surface area contributed by atoms with Gasteiger partial charge in [-0.05, 0) is 23.8 Å². The standard InChI is InChI=1S/C12H8ClFO/c13-12-4-2-1-3-11(12)8-5-9(14)7-10(15)6-8/h1-7,15H. The third-order valence-corrected chi connectivity index (χ3v) is 2.40. The maximum absolute atomic E-state index is 13.0. The van der Waals surface area contributed by atoms with Crippen LogP contribution in [0.15, 0.2) is 42.5 Å². The van der Waals surface area contributed by atoms with Crippen LogP contribution in [0.1, 0.15) is 0 Å². The molecule has 0 unspecified atom stereocenters. The van der Waals surface area contributed by atoms with E-state index in [0.29, 0.717) is 16.1 Å². The highest BCUT2D eigenvalue weighted by Gasteiger charge is 2.05. The van der Waals surface area contributed by atoms with Crippen LogP contribution in [0.5, 0.6) is 5.75 Å². The Hall–Kier alpha value is -1.54. The summed E-state index contributed by atoms with van der Waals surface area (Å²) in [5, 5.41) is 9.79. The van der Waals surface area contributed by atoms with Gasteiger partial charge >= 0.3 is 0 Å². The monoisotopic (exact) mass is 222 g/mol. The Kier molecular flexibility index (Phi) is 2.60. The summed E-state index contributed by atoms with van der Waals surface area (Å²) in [5.74, 6) is -0.588. The molecule has 2 aromatic carbocycles. The normalized spacial score (nSPS) is 10.3. The van der Waals surface area contributed by atoms with Gasteiger partial charge in [0.25, 0.3) is 0 Å². The zero-order valence-corrected chi connectivity index (χ0v) is 8.50.